The molecule has 0 aliphatic rings. The minimum atomic E-state index is -3.11. The Labute approximate surface area is 102 Å². The fraction of sp³-hybridized carbons (Fsp3) is 0.333. The van der Waals surface area contributed by atoms with Gasteiger partial charge >= 0.3 is 5.97 Å². The van der Waals surface area contributed by atoms with E-state index in [1.54, 1.807) is 6.92 Å². The maximum absolute atomic E-state index is 13.7. The summed E-state index contributed by atoms with van der Waals surface area (Å²) in [6.07, 6.45) is -3.55. The lowest BCUT2D eigenvalue weighted by molar-refractivity contribution is -0.142. The number of ether oxygens (including phenoxy) is 1. The number of nitriles is 1. The topological polar surface area (TPSA) is 50.1 Å². The van der Waals surface area contributed by atoms with Crippen LogP contribution in [0.5, 0.6) is 0 Å². The van der Waals surface area contributed by atoms with Crippen LogP contribution in [0.1, 0.15) is 30.0 Å². The molecule has 0 aliphatic carbocycles. The summed E-state index contributed by atoms with van der Waals surface area (Å²) < 4.78 is 43.6. The number of hydrogen-bond donors (Lipinski definition) is 0. The molecule has 6 heteroatoms. The number of nitrogens with zero attached hydrogens (tertiary/aromatic N) is 1. The molecule has 0 saturated carbocycles. The van der Waals surface area contributed by atoms with Gasteiger partial charge in [0.15, 0.2) is 0 Å². The highest BCUT2D eigenvalue weighted by atomic mass is 19.3. The van der Waals surface area contributed by atoms with Crippen LogP contribution in [0.3, 0.4) is 0 Å². The van der Waals surface area contributed by atoms with Gasteiger partial charge in [0.05, 0.1) is 30.2 Å². The highest BCUT2D eigenvalue weighted by Gasteiger charge is 2.22. The molecule has 0 N–H and O–H groups in total. The third-order valence-electron chi connectivity index (χ3n) is 2.24. The van der Waals surface area contributed by atoms with Crippen molar-refractivity contribution in [2.75, 3.05) is 6.61 Å². The molecule has 0 bridgehead atoms. The van der Waals surface area contributed by atoms with Crippen LogP contribution in [0.4, 0.5) is 13.2 Å². The van der Waals surface area contributed by atoms with Crippen LogP contribution in [-0.4, -0.2) is 12.6 Å². The van der Waals surface area contributed by atoms with Gasteiger partial charge in [-0.3, -0.25) is 4.79 Å². The Balaban J connectivity index is 3.13. The maximum Gasteiger partial charge on any atom is 0.310 e. The van der Waals surface area contributed by atoms with Gasteiger partial charge in [0.2, 0.25) is 0 Å². The maximum atomic E-state index is 13.7. The van der Waals surface area contributed by atoms with Gasteiger partial charge in [-0.1, -0.05) is 6.07 Å². The predicted octanol–water partition coefficient (Wildman–Crippen LogP) is 2.74. The smallest absolute Gasteiger partial charge is 0.310 e. The van der Waals surface area contributed by atoms with E-state index in [1.165, 1.54) is 6.07 Å². The normalized spacial score (nSPS) is 10.2. The zero-order valence-corrected chi connectivity index (χ0v) is 9.54. The van der Waals surface area contributed by atoms with E-state index >= 15 is 0 Å². The zero-order valence-electron chi connectivity index (χ0n) is 9.54. The SMILES string of the molecule is CCOC(=O)Cc1ccc(C#N)c(C(F)F)c1F. The van der Waals surface area contributed by atoms with Crippen molar-refractivity contribution in [2.24, 2.45) is 0 Å². The quantitative estimate of drug-likeness (QED) is 0.779. The van der Waals surface area contributed by atoms with Crippen molar-refractivity contribution >= 4 is 5.97 Å². The summed E-state index contributed by atoms with van der Waals surface area (Å²) in [4.78, 5) is 11.2. The number of carbonyl (C=O) groups is 1. The van der Waals surface area contributed by atoms with Crippen LogP contribution < -0.4 is 0 Å². The Morgan fingerprint density at radius 2 is 2.17 bits per heavy atom. The molecule has 0 saturated heterocycles. The monoisotopic (exact) mass is 257 g/mol. The van der Waals surface area contributed by atoms with Crippen molar-refractivity contribution < 1.29 is 22.7 Å². The van der Waals surface area contributed by atoms with Crippen molar-refractivity contribution in [3.05, 3.63) is 34.6 Å². The molecular weight excluding hydrogens is 247 g/mol. The molecule has 0 radical (unpaired) electrons. The summed E-state index contributed by atoms with van der Waals surface area (Å²) in [6, 6.07) is 3.69. The lowest BCUT2D eigenvalue weighted by atomic mass is 10.0. The van der Waals surface area contributed by atoms with E-state index in [9.17, 15) is 18.0 Å². The summed E-state index contributed by atoms with van der Waals surface area (Å²) in [6.45, 7) is 1.70. The van der Waals surface area contributed by atoms with Crippen molar-refractivity contribution in [2.45, 2.75) is 19.8 Å². The second-order valence-electron chi connectivity index (χ2n) is 3.39. The van der Waals surface area contributed by atoms with Gasteiger partial charge in [-0.05, 0) is 18.6 Å². The Kier molecular flexibility index (Phi) is 4.72. The van der Waals surface area contributed by atoms with Crippen molar-refractivity contribution in [3.63, 3.8) is 0 Å². The lowest BCUT2D eigenvalue weighted by Crippen LogP contribution is -2.10. The first-order chi connectivity index (χ1) is 8.51. The first kappa shape index (κ1) is 14.0. The van der Waals surface area contributed by atoms with Gasteiger partial charge < -0.3 is 4.74 Å². The van der Waals surface area contributed by atoms with E-state index in [1.807, 2.05) is 0 Å². The van der Waals surface area contributed by atoms with E-state index in [2.05, 4.69) is 4.74 Å². The van der Waals surface area contributed by atoms with E-state index in [-0.39, 0.29) is 12.2 Å². The predicted molar refractivity (Wildman–Crippen MR) is 56.4 cm³/mol. The number of halogens is 3. The highest BCUT2D eigenvalue weighted by Crippen LogP contribution is 2.28. The molecule has 0 aliphatic heterocycles. The Morgan fingerprint density at radius 3 is 2.67 bits per heavy atom. The Bertz CT molecular complexity index is 495. The summed E-state index contributed by atoms with van der Waals surface area (Å²) in [7, 11) is 0. The summed E-state index contributed by atoms with van der Waals surface area (Å²) >= 11 is 0. The van der Waals surface area contributed by atoms with Gasteiger partial charge in [0.1, 0.15) is 5.82 Å². The van der Waals surface area contributed by atoms with Gasteiger partial charge in [-0.15, -0.1) is 0 Å². The van der Waals surface area contributed by atoms with Crippen LogP contribution in [0.2, 0.25) is 0 Å². The molecule has 1 aromatic rings. The van der Waals surface area contributed by atoms with Crippen LogP contribution in [0.15, 0.2) is 12.1 Å². The number of carbonyl (C=O) groups excluding carboxylic acids is 1. The first-order valence-corrected chi connectivity index (χ1v) is 5.16. The average molecular weight is 257 g/mol. The molecule has 0 spiro atoms. The van der Waals surface area contributed by atoms with Crippen molar-refractivity contribution in [3.8, 4) is 6.07 Å². The van der Waals surface area contributed by atoms with Crippen LogP contribution in [0.25, 0.3) is 0 Å². The molecule has 0 fully saturated rings. The van der Waals surface area contributed by atoms with E-state index in [0.717, 1.165) is 12.1 Å². The molecule has 3 nitrogen and oxygen atoms in total. The number of hydrogen-bond acceptors (Lipinski definition) is 3. The first-order valence-electron chi connectivity index (χ1n) is 5.16. The Morgan fingerprint density at radius 1 is 1.50 bits per heavy atom. The lowest BCUT2D eigenvalue weighted by Gasteiger charge is -2.09. The molecule has 0 unspecified atom stereocenters. The molecule has 0 atom stereocenters. The van der Waals surface area contributed by atoms with Crippen LogP contribution >= 0.6 is 0 Å². The fourth-order valence-electron chi connectivity index (χ4n) is 1.45. The molecule has 1 aromatic carbocycles. The minimum absolute atomic E-state index is 0.123. The number of esters is 1. The van der Waals surface area contributed by atoms with Crippen molar-refractivity contribution in [1.29, 1.82) is 5.26 Å². The number of benzene rings is 1. The molecule has 1 rings (SSSR count). The van der Waals surface area contributed by atoms with Crippen molar-refractivity contribution in [1.82, 2.24) is 0 Å². The van der Waals surface area contributed by atoms with E-state index in [4.69, 9.17) is 5.26 Å². The number of rotatable bonds is 4. The van der Waals surface area contributed by atoms with Crippen LogP contribution in [0, 0.1) is 17.1 Å². The molecule has 0 heterocycles. The van der Waals surface area contributed by atoms with Crippen LogP contribution in [-0.2, 0) is 16.0 Å². The molecular formula is C12H10F3NO2. The van der Waals surface area contributed by atoms with E-state index in [0.29, 0.717) is 0 Å². The largest absolute Gasteiger partial charge is 0.466 e. The highest BCUT2D eigenvalue weighted by molar-refractivity contribution is 5.72. The number of alkyl halides is 2. The fourth-order valence-corrected chi connectivity index (χ4v) is 1.45. The zero-order chi connectivity index (χ0) is 13.7. The molecule has 18 heavy (non-hydrogen) atoms. The second kappa shape index (κ2) is 6.05. The summed E-state index contributed by atoms with van der Waals surface area (Å²) in [5, 5.41) is 8.61. The molecule has 0 amide bonds. The minimum Gasteiger partial charge on any atom is -0.466 e. The summed E-state index contributed by atoms with van der Waals surface area (Å²) in [5.74, 6) is -1.93. The Hall–Kier alpha value is -2.03. The second-order valence-corrected chi connectivity index (χ2v) is 3.39. The van der Waals surface area contributed by atoms with Gasteiger partial charge in [0.25, 0.3) is 6.43 Å². The van der Waals surface area contributed by atoms with Gasteiger partial charge in [-0.2, -0.15) is 5.26 Å². The average Bonchev–Trinajstić information content (AvgIpc) is 2.31. The van der Waals surface area contributed by atoms with Gasteiger partial charge in [0, 0.05) is 0 Å². The summed E-state index contributed by atoms with van der Waals surface area (Å²) in [5.41, 5.74) is -1.61. The standard InChI is InChI=1S/C12H10F3NO2/c1-2-18-9(17)5-7-3-4-8(6-16)10(11(7)13)12(14)15/h3-4,12H,2,5H2,1H3. The van der Waals surface area contributed by atoms with Gasteiger partial charge in [-0.25, -0.2) is 13.2 Å². The molecule has 0 aromatic heterocycles. The molecule has 96 valence electrons. The van der Waals surface area contributed by atoms with E-state index < -0.39 is 35.8 Å². The third kappa shape index (κ3) is 3.00. The third-order valence-corrected chi connectivity index (χ3v) is 2.24.